The Hall–Kier alpha value is -2.86. The summed E-state index contributed by atoms with van der Waals surface area (Å²) >= 11 is 0. The van der Waals surface area contributed by atoms with Gasteiger partial charge in [0.05, 0.1) is 13.1 Å². The summed E-state index contributed by atoms with van der Waals surface area (Å²) in [7, 11) is 0. The molecule has 0 spiro atoms. The number of para-hydroxylation sites is 1. The fraction of sp³-hybridized carbons (Fsp3) is 0.391. The zero-order chi connectivity index (χ0) is 20.5. The molecule has 1 fully saturated rings. The average molecular weight is 396 g/mol. The highest BCUT2D eigenvalue weighted by Gasteiger charge is 2.22. The second kappa shape index (κ2) is 10.6. The van der Waals surface area contributed by atoms with Crippen LogP contribution in [-0.4, -0.2) is 55.5 Å². The maximum absolute atomic E-state index is 12.4. The van der Waals surface area contributed by atoms with Gasteiger partial charge in [-0.05, 0) is 43.5 Å². The number of hydrogen-bond donors (Lipinski definition) is 2. The number of nitrogens with one attached hydrogen (secondary N) is 2. The van der Waals surface area contributed by atoms with Crippen LogP contribution in [0.15, 0.2) is 54.6 Å². The summed E-state index contributed by atoms with van der Waals surface area (Å²) in [6.45, 7) is 4.85. The number of benzene rings is 2. The first-order valence-electron chi connectivity index (χ1n) is 10.2. The molecule has 2 N–H and O–H groups in total. The highest BCUT2D eigenvalue weighted by Crippen LogP contribution is 2.13. The predicted octanol–water partition coefficient (Wildman–Crippen LogP) is 2.38. The molecule has 0 atom stereocenters. The van der Waals surface area contributed by atoms with Crippen LogP contribution < -0.4 is 15.4 Å². The van der Waals surface area contributed by atoms with E-state index in [0.717, 1.165) is 42.8 Å². The SMILES string of the molecule is Cc1ccccc1C(=O)NC1CCN(CC(=O)NCCOc2ccccc2)CC1. The van der Waals surface area contributed by atoms with Crippen molar-refractivity contribution in [2.75, 3.05) is 32.8 Å². The standard InChI is InChI=1S/C23H29N3O3/c1-18-7-5-6-10-21(18)23(28)25-19-11-14-26(15-12-19)17-22(27)24-13-16-29-20-8-3-2-4-9-20/h2-10,19H,11-17H2,1H3,(H,24,27)(H,25,28). The molecule has 2 amide bonds. The van der Waals surface area contributed by atoms with Crippen LogP contribution in [0.1, 0.15) is 28.8 Å². The Bertz CT molecular complexity index is 802. The van der Waals surface area contributed by atoms with E-state index in [0.29, 0.717) is 19.7 Å². The minimum Gasteiger partial charge on any atom is -0.492 e. The van der Waals surface area contributed by atoms with E-state index in [-0.39, 0.29) is 17.9 Å². The Kier molecular flexibility index (Phi) is 7.64. The van der Waals surface area contributed by atoms with Crippen LogP contribution in [0.2, 0.25) is 0 Å². The molecule has 3 rings (SSSR count). The molecule has 0 aliphatic carbocycles. The molecule has 6 nitrogen and oxygen atoms in total. The number of piperidine rings is 1. The van der Waals surface area contributed by atoms with Crippen LogP contribution in [-0.2, 0) is 4.79 Å². The summed E-state index contributed by atoms with van der Waals surface area (Å²) in [4.78, 5) is 26.7. The topological polar surface area (TPSA) is 70.7 Å². The van der Waals surface area contributed by atoms with Crippen LogP contribution in [0.4, 0.5) is 0 Å². The summed E-state index contributed by atoms with van der Waals surface area (Å²) in [6.07, 6.45) is 1.70. The van der Waals surface area contributed by atoms with Gasteiger partial charge in [0.25, 0.3) is 5.91 Å². The molecule has 0 radical (unpaired) electrons. The summed E-state index contributed by atoms with van der Waals surface area (Å²) in [6, 6.07) is 17.3. The number of aryl methyl sites for hydroxylation is 1. The highest BCUT2D eigenvalue weighted by atomic mass is 16.5. The molecule has 1 heterocycles. The van der Waals surface area contributed by atoms with Gasteiger partial charge in [0.15, 0.2) is 0 Å². The van der Waals surface area contributed by atoms with Crippen LogP contribution in [0.25, 0.3) is 0 Å². The zero-order valence-corrected chi connectivity index (χ0v) is 16.9. The summed E-state index contributed by atoms with van der Waals surface area (Å²) in [5.74, 6) is 0.790. The Labute approximate surface area is 172 Å². The Morgan fingerprint density at radius 3 is 2.45 bits per heavy atom. The number of hydrogen-bond acceptors (Lipinski definition) is 4. The van der Waals surface area contributed by atoms with E-state index < -0.39 is 0 Å². The normalized spacial score (nSPS) is 14.9. The number of rotatable bonds is 8. The minimum absolute atomic E-state index is 0.00376. The number of carbonyl (C=O) groups excluding carboxylic acids is 2. The lowest BCUT2D eigenvalue weighted by Crippen LogP contribution is -2.47. The van der Waals surface area contributed by atoms with E-state index in [4.69, 9.17) is 4.74 Å². The van der Waals surface area contributed by atoms with Gasteiger partial charge < -0.3 is 15.4 Å². The zero-order valence-electron chi connectivity index (χ0n) is 16.9. The van der Waals surface area contributed by atoms with Crippen molar-refractivity contribution in [3.8, 4) is 5.75 Å². The number of ether oxygens (including phenoxy) is 1. The van der Waals surface area contributed by atoms with Gasteiger partial charge in [-0.25, -0.2) is 0 Å². The number of nitrogens with zero attached hydrogens (tertiary/aromatic N) is 1. The molecule has 0 aromatic heterocycles. The molecular formula is C23H29N3O3. The molecule has 29 heavy (non-hydrogen) atoms. The van der Waals surface area contributed by atoms with Gasteiger partial charge in [-0.3, -0.25) is 14.5 Å². The van der Waals surface area contributed by atoms with Gasteiger partial charge in [-0.2, -0.15) is 0 Å². The third-order valence-corrected chi connectivity index (χ3v) is 5.12. The molecule has 0 unspecified atom stereocenters. The van der Waals surface area contributed by atoms with Crippen molar-refractivity contribution in [2.45, 2.75) is 25.8 Å². The predicted molar refractivity (Wildman–Crippen MR) is 113 cm³/mol. The van der Waals surface area contributed by atoms with E-state index in [1.807, 2.05) is 61.5 Å². The Balaban J connectivity index is 1.31. The van der Waals surface area contributed by atoms with E-state index >= 15 is 0 Å². The van der Waals surface area contributed by atoms with E-state index in [2.05, 4.69) is 15.5 Å². The highest BCUT2D eigenvalue weighted by molar-refractivity contribution is 5.95. The lowest BCUT2D eigenvalue weighted by Gasteiger charge is -2.32. The fourth-order valence-electron chi connectivity index (χ4n) is 3.46. The lowest BCUT2D eigenvalue weighted by atomic mass is 10.0. The van der Waals surface area contributed by atoms with Gasteiger partial charge in [0, 0.05) is 24.7 Å². The van der Waals surface area contributed by atoms with Crippen molar-refractivity contribution in [1.29, 1.82) is 0 Å². The Morgan fingerprint density at radius 2 is 1.72 bits per heavy atom. The second-order valence-corrected chi connectivity index (χ2v) is 7.35. The molecule has 1 saturated heterocycles. The van der Waals surface area contributed by atoms with Gasteiger partial charge in [-0.1, -0.05) is 36.4 Å². The van der Waals surface area contributed by atoms with Gasteiger partial charge in [0.1, 0.15) is 12.4 Å². The largest absolute Gasteiger partial charge is 0.492 e. The van der Waals surface area contributed by atoms with Gasteiger partial charge in [-0.15, -0.1) is 0 Å². The van der Waals surface area contributed by atoms with Crippen molar-refractivity contribution < 1.29 is 14.3 Å². The molecule has 0 saturated carbocycles. The van der Waals surface area contributed by atoms with Crippen LogP contribution in [0, 0.1) is 6.92 Å². The van der Waals surface area contributed by atoms with Gasteiger partial charge in [0.2, 0.25) is 5.91 Å². The number of carbonyl (C=O) groups is 2. The molecule has 2 aromatic carbocycles. The molecule has 1 aliphatic heterocycles. The molecule has 6 heteroatoms. The number of amides is 2. The summed E-state index contributed by atoms with van der Waals surface area (Å²) in [5, 5.41) is 6.02. The van der Waals surface area contributed by atoms with Crippen LogP contribution in [0.5, 0.6) is 5.75 Å². The fourth-order valence-corrected chi connectivity index (χ4v) is 3.46. The molecule has 0 bridgehead atoms. The maximum atomic E-state index is 12.4. The summed E-state index contributed by atoms with van der Waals surface area (Å²) in [5.41, 5.74) is 1.71. The quantitative estimate of drug-likeness (QED) is 0.674. The van der Waals surface area contributed by atoms with Crippen LogP contribution in [0.3, 0.4) is 0 Å². The van der Waals surface area contributed by atoms with Crippen molar-refractivity contribution in [1.82, 2.24) is 15.5 Å². The minimum atomic E-state index is -0.0160. The van der Waals surface area contributed by atoms with Gasteiger partial charge >= 0.3 is 0 Å². The second-order valence-electron chi connectivity index (χ2n) is 7.35. The maximum Gasteiger partial charge on any atom is 0.251 e. The van der Waals surface area contributed by atoms with E-state index in [9.17, 15) is 9.59 Å². The first-order valence-corrected chi connectivity index (χ1v) is 10.2. The third kappa shape index (κ3) is 6.61. The molecular weight excluding hydrogens is 366 g/mol. The summed E-state index contributed by atoms with van der Waals surface area (Å²) < 4.78 is 5.57. The molecule has 154 valence electrons. The number of likely N-dealkylation sites (tertiary alicyclic amines) is 1. The third-order valence-electron chi connectivity index (χ3n) is 5.12. The first kappa shape index (κ1) is 20.9. The lowest BCUT2D eigenvalue weighted by molar-refractivity contribution is -0.122. The first-order chi connectivity index (χ1) is 14.1. The van der Waals surface area contributed by atoms with Crippen molar-refractivity contribution in [3.05, 3.63) is 65.7 Å². The van der Waals surface area contributed by atoms with Crippen LogP contribution >= 0.6 is 0 Å². The molecule has 2 aromatic rings. The monoisotopic (exact) mass is 395 g/mol. The van der Waals surface area contributed by atoms with E-state index in [1.165, 1.54) is 0 Å². The average Bonchev–Trinajstić information content (AvgIpc) is 2.74. The van der Waals surface area contributed by atoms with E-state index in [1.54, 1.807) is 0 Å². The smallest absolute Gasteiger partial charge is 0.251 e. The van der Waals surface area contributed by atoms with Crippen molar-refractivity contribution >= 4 is 11.8 Å². The Morgan fingerprint density at radius 1 is 1.03 bits per heavy atom. The van der Waals surface area contributed by atoms with Crippen molar-refractivity contribution in [3.63, 3.8) is 0 Å². The van der Waals surface area contributed by atoms with Crippen molar-refractivity contribution in [2.24, 2.45) is 0 Å². The molecule has 1 aliphatic rings.